The highest BCUT2D eigenvalue weighted by atomic mass is 35.5. The number of aryl methyl sites for hydroxylation is 1. The van der Waals surface area contributed by atoms with E-state index in [-0.39, 0.29) is 0 Å². The van der Waals surface area contributed by atoms with Crippen molar-refractivity contribution in [2.24, 2.45) is 0 Å². The zero-order chi connectivity index (χ0) is 10.8. The Hall–Kier alpha value is -0.870. The molecule has 5 heteroatoms. The summed E-state index contributed by atoms with van der Waals surface area (Å²) in [5, 5.41) is 2.11. The summed E-state index contributed by atoms with van der Waals surface area (Å²) in [5.41, 5.74) is 2.25. The van der Waals surface area contributed by atoms with Crippen molar-refractivity contribution in [2.45, 2.75) is 6.92 Å². The number of alkyl halides is 1. The summed E-state index contributed by atoms with van der Waals surface area (Å²) in [6.07, 6.45) is 1.61. The minimum absolute atomic E-state index is 0.604. The van der Waals surface area contributed by atoms with E-state index in [1.54, 1.807) is 17.7 Å². The third-order valence-electron chi connectivity index (χ3n) is 2.29. The highest BCUT2D eigenvalue weighted by molar-refractivity contribution is 7.18. The standard InChI is InChI=1S/C10H12ClN3S/c1-7-5-15-9-8(7)12-6-13-10(9)14(2)4-3-11/h5-6H,3-4H2,1-2H3. The van der Waals surface area contributed by atoms with Crippen LogP contribution in [-0.2, 0) is 0 Å². The first-order valence-corrected chi connectivity index (χ1v) is 6.11. The minimum atomic E-state index is 0.604. The third-order valence-corrected chi connectivity index (χ3v) is 3.55. The third kappa shape index (κ3) is 1.92. The number of hydrogen-bond acceptors (Lipinski definition) is 4. The lowest BCUT2D eigenvalue weighted by Crippen LogP contribution is -2.20. The van der Waals surface area contributed by atoms with Crippen LogP contribution in [0.3, 0.4) is 0 Å². The maximum Gasteiger partial charge on any atom is 0.149 e. The molecule has 0 radical (unpaired) electrons. The highest BCUT2D eigenvalue weighted by Crippen LogP contribution is 2.29. The summed E-state index contributed by atoms with van der Waals surface area (Å²) < 4.78 is 1.14. The molecule has 0 aliphatic rings. The van der Waals surface area contributed by atoms with Crippen molar-refractivity contribution >= 4 is 39.0 Å². The molecular weight excluding hydrogens is 230 g/mol. The predicted octanol–water partition coefficient (Wildman–Crippen LogP) is 2.67. The molecule has 3 nitrogen and oxygen atoms in total. The molecule has 2 heterocycles. The number of halogens is 1. The number of fused-ring (bicyclic) bond motifs is 1. The molecule has 2 aromatic rings. The fourth-order valence-electron chi connectivity index (χ4n) is 1.46. The van der Waals surface area contributed by atoms with E-state index < -0.39 is 0 Å². The normalized spacial score (nSPS) is 10.9. The van der Waals surface area contributed by atoms with Crippen LogP contribution in [0.4, 0.5) is 5.82 Å². The first-order valence-electron chi connectivity index (χ1n) is 4.70. The van der Waals surface area contributed by atoms with Crippen LogP contribution < -0.4 is 4.90 Å². The Morgan fingerprint density at radius 1 is 1.47 bits per heavy atom. The van der Waals surface area contributed by atoms with Gasteiger partial charge in [0.25, 0.3) is 0 Å². The Labute approximate surface area is 97.7 Å². The average Bonchev–Trinajstić information content (AvgIpc) is 2.61. The molecule has 0 spiro atoms. The van der Waals surface area contributed by atoms with Crippen LogP contribution in [0.1, 0.15) is 5.56 Å². The van der Waals surface area contributed by atoms with Gasteiger partial charge in [0.05, 0.1) is 10.2 Å². The predicted molar refractivity (Wildman–Crippen MR) is 66.1 cm³/mol. The van der Waals surface area contributed by atoms with E-state index >= 15 is 0 Å². The molecule has 2 aromatic heterocycles. The largest absolute Gasteiger partial charge is 0.357 e. The van der Waals surface area contributed by atoms with Crippen molar-refractivity contribution in [3.05, 3.63) is 17.3 Å². The molecule has 0 aliphatic carbocycles. The van der Waals surface area contributed by atoms with Gasteiger partial charge in [0.2, 0.25) is 0 Å². The van der Waals surface area contributed by atoms with Crippen LogP contribution in [0.25, 0.3) is 10.2 Å². The first kappa shape index (κ1) is 10.6. The van der Waals surface area contributed by atoms with Crippen molar-refractivity contribution in [3.63, 3.8) is 0 Å². The van der Waals surface area contributed by atoms with Gasteiger partial charge in [-0.3, -0.25) is 0 Å². The van der Waals surface area contributed by atoms with E-state index in [2.05, 4.69) is 27.2 Å². The molecule has 0 saturated heterocycles. The van der Waals surface area contributed by atoms with Gasteiger partial charge < -0.3 is 4.90 Å². The van der Waals surface area contributed by atoms with E-state index in [1.165, 1.54) is 5.56 Å². The smallest absolute Gasteiger partial charge is 0.149 e. The van der Waals surface area contributed by atoms with Crippen LogP contribution in [0.15, 0.2) is 11.7 Å². The van der Waals surface area contributed by atoms with Crippen LogP contribution in [0.5, 0.6) is 0 Å². The van der Waals surface area contributed by atoms with E-state index in [4.69, 9.17) is 11.6 Å². The molecule has 15 heavy (non-hydrogen) atoms. The molecule has 0 N–H and O–H groups in total. The number of anilines is 1. The summed E-state index contributed by atoms with van der Waals surface area (Å²) >= 11 is 7.41. The van der Waals surface area contributed by atoms with Gasteiger partial charge in [0, 0.05) is 19.5 Å². The van der Waals surface area contributed by atoms with Crippen molar-refractivity contribution in [2.75, 3.05) is 24.4 Å². The zero-order valence-electron chi connectivity index (χ0n) is 8.70. The molecule has 0 atom stereocenters. The van der Waals surface area contributed by atoms with Gasteiger partial charge in [-0.1, -0.05) is 0 Å². The molecule has 80 valence electrons. The molecule has 0 bridgehead atoms. The van der Waals surface area contributed by atoms with Crippen LogP contribution in [-0.4, -0.2) is 29.4 Å². The van der Waals surface area contributed by atoms with Gasteiger partial charge in [-0.25, -0.2) is 9.97 Å². The molecule has 0 saturated carbocycles. The number of hydrogen-bond donors (Lipinski definition) is 0. The van der Waals surface area contributed by atoms with Gasteiger partial charge in [-0.05, 0) is 17.9 Å². The van der Waals surface area contributed by atoms with Gasteiger partial charge in [-0.15, -0.1) is 22.9 Å². The Morgan fingerprint density at radius 3 is 3.00 bits per heavy atom. The van der Waals surface area contributed by atoms with Gasteiger partial charge >= 0.3 is 0 Å². The Balaban J connectivity index is 2.51. The van der Waals surface area contributed by atoms with Crippen molar-refractivity contribution in [1.82, 2.24) is 9.97 Å². The summed E-state index contributed by atoms with van der Waals surface area (Å²) in [6.45, 7) is 2.86. The lowest BCUT2D eigenvalue weighted by Gasteiger charge is -2.16. The lowest BCUT2D eigenvalue weighted by atomic mass is 10.3. The summed E-state index contributed by atoms with van der Waals surface area (Å²) in [4.78, 5) is 10.7. The number of thiophene rings is 1. The molecule has 0 aromatic carbocycles. The lowest BCUT2D eigenvalue weighted by molar-refractivity contribution is 0.946. The van der Waals surface area contributed by atoms with Crippen LogP contribution in [0.2, 0.25) is 0 Å². The van der Waals surface area contributed by atoms with E-state index in [0.29, 0.717) is 5.88 Å². The Kier molecular flexibility index (Phi) is 3.07. The fraction of sp³-hybridized carbons (Fsp3) is 0.400. The zero-order valence-corrected chi connectivity index (χ0v) is 10.3. The quantitative estimate of drug-likeness (QED) is 0.774. The maximum atomic E-state index is 5.72. The second kappa shape index (κ2) is 4.33. The fourth-order valence-corrected chi connectivity index (χ4v) is 2.76. The highest BCUT2D eigenvalue weighted by Gasteiger charge is 2.10. The van der Waals surface area contributed by atoms with Crippen LogP contribution in [0, 0.1) is 6.92 Å². The molecule has 0 aliphatic heterocycles. The molecule has 0 fully saturated rings. The summed E-state index contributed by atoms with van der Waals surface area (Å²) in [7, 11) is 2.00. The SMILES string of the molecule is Cc1csc2c(N(C)CCCl)ncnc12. The van der Waals surface area contributed by atoms with Crippen LogP contribution >= 0.6 is 22.9 Å². The second-order valence-corrected chi connectivity index (χ2v) is 4.66. The van der Waals surface area contributed by atoms with E-state index in [9.17, 15) is 0 Å². The maximum absolute atomic E-state index is 5.72. The van der Waals surface area contributed by atoms with Crippen molar-refractivity contribution < 1.29 is 0 Å². The summed E-state index contributed by atoms with van der Waals surface area (Å²) in [5.74, 6) is 1.57. The number of aromatic nitrogens is 2. The monoisotopic (exact) mass is 241 g/mol. The Morgan fingerprint density at radius 2 is 2.27 bits per heavy atom. The first-order chi connectivity index (χ1) is 7.24. The molecule has 0 unspecified atom stereocenters. The summed E-state index contributed by atoms with van der Waals surface area (Å²) in [6, 6.07) is 0. The minimum Gasteiger partial charge on any atom is -0.357 e. The van der Waals surface area contributed by atoms with Crippen molar-refractivity contribution in [3.8, 4) is 0 Å². The van der Waals surface area contributed by atoms with Gasteiger partial charge in [-0.2, -0.15) is 0 Å². The molecule has 2 rings (SSSR count). The number of rotatable bonds is 3. The molecular formula is C10H12ClN3S. The van der Waals surface area contributed by atoms with E-state index in [0.717, 1.165) is 22.6 Å². The van der Waals surface area contributed by atoms with E-state index in [1.807, 2.05) is 7.05 Å². The average molecular weight is 242 g/mol. The van der Waals surface area contributed by atoms with Crippen molar-refractivity contribution in [1.29, 1.82) is 0 Å². The molecule has 0 amide bonds. The number of nitrogens with zero attached hydrogens (tertiary/aromatic N) is 3. The van der Waals surface area contributed by atoms with Gasteiger partial charge in [0.1, 0.15) is 12.1 Å². The second-order valence-electron chi connectivity index (χ2n) is 3.40. The van der Waals surface area contributed by atoms with Gasteiger partial charge in [0.15, 0.2) is 0 Å². The topological polar surface area (TPSA) is 29.0 Å². The Bertz CT molecular complexity index is 469.